The van der Waals surface area contributed by atoms with E-state index in [1.165, 1.54) is 7.11 Å². The highest BCUT2D eigenvalue weighted by Crippen LogP contribution is 2.13. The van der Waals surface area contributed by atoms with Crippen LogP contribution in [0.25, 0.3) is 0 Å². The van der Waals surface area contributed by atoms with Crippen LogP contribution in [0.4, 0.5) is 0 Å². The first-order valence-electron chi connectivity index (χ1n) is 7.45. The number of carbonyl (C=O) groups is 1. The molecule has 0 amide bonds. The zero-order valence-electron chi connectivity index (χ0n) is 13.4. The van der Waals surface area contributed by atoms with Gasteiger partial charge in [-0.1, -0.05) is 13.8 Å². The lowest BCUT2D eigenvalue weighted by Gasteiger charge is -2.14. The van der Waals surface area contributed by atoms with E-state index >= 15 is 0 Å². The molecule has 1 rings (SSSR count). The second kappa shape index (κ2) is 9.40. The van der Waals surface area contributed by atoms with Crippen molar-refractivity contribution in [2.45, 2.75) is 39.7 Å². The molecule has 4 nitrogen and oxygen atoms in total. The minimum Gasteiger partial charge on any atom is -0.493 e. The summed E-state index contributed by atoms with van der Waals surface area (Å²) in [5, 5.41) is 0. The summed E-state index contributed by atoms with van der Waals surface area (Å²) in [7, 11) is 1.37. The van der Waals surface area contributed by atoms with Crippen LogP contribution in [-0.2, 0) is 9.47 Å². The van der Waals surface area contributed by atoms with Gasteiger partial charge in [-0.05, 0) is 43.5 Å². The molecule has 0 heterocycles. The summed E-state index contributed by atoms with van der Waals surface area (Å²) >= 11 is 0. The standard InChI is InChI=1S/C17H26O4/c1-13(2)9-11-20-14(3)10-12-21-16-7-5-15(6-8-16)17(18)19-4/h5-8,13-14H,9-12H2,1-4H3. The summed E-state index contributed by atoms with van der Waals surface area (Å²) in [6.07, 6.45) is 2.12. The first kappa shape index (κ1) is 17.5. The largest absolute Gasteiger partial charge is 0.493 e. The van der Waals surface area contributed by atoms with Crippen LogP contribution in [0.15, 0.2) is 24.3 Å². The van der Waals surface area contributed by atoms with E-state index in [9.17, 15) is 4.79 Å². The number of methoxy groups -OCH3 is 1. The predicted octanol–water partition coefficient (Wildman–Crippen LogP) is 3.69. The van der Waals surface area contributed by atoms with E-state index in [1.807, 2.05) is 0 Å². The lowest BCUT2D eigenvalue weighted by molar-refractivity contribution is 0.0443. The molecular formula is C17H26O4. The molecule has 0 aliphatic rings. The van der Waals surface area contributed by atoms with Gasteiger partial charge in [0.25, 0.3) is 0 Å². The Labute approximate surface area is 127 Å². The van der Waals surface area contributed by atoms with E-state index in [0.29, 0.717) is 18.1 Å². The average molecular weight is 294 g/mol. The van der Waals surface area contributed by atoms with E-state index in [1.54, 1.807) is 24.3 Å². The molecule has 0 radical (unpaired) electrons. The lowest BCUT2D eigenvalue weighted by atomic mass is 10.1. The quantitative estimate of drug-likeness (QED) is 0.652. The molecule has 1 unspecified atom stereocenters. The second-order valence-electron chi connectivity index (χ2n) is 5.52. The summed E-state index contributed by atoms with van der Waals surface area (Å²) in [6.45, 7) is 7.83. The van der Waals surface area contributed by atoms with Crippen molar-refractivity contribution >= 4 is 5.97 Å². The van der Waals surface area contributed by atoms with Crippen molar-refractivity contribution in [3.05, 3.63) is 29.8 Å². The highest BCUT2D eigenvalue weighted by Gasteiger charge is 2.06. The van der Waals surface area contributed by atoms with Gasteiger partial charge in [-0.2, -0.15) is 0 Å². The Morgan fingerprint density at radius 3 is 2.29 bits per heavy atom. The topological polar surface area (TPSA) is 44.8 Å². The summed E-state index contributed by atoms with van der Waals surface area (Å²) in [6, 6.07) is 6.94. The monoisotopic (exact) mass is 294 g/mol. The van der Waals surface area contributed by atoms with E-state index in [2.05, 4.69) is 25.5 Å². The SMILES string of the molecule is COC(=O)c1ccc(OCCC(C)OCCC(C)C)cc1. The minimum atomic E-state index is -0.339. The van der Waals surface area contributed by atoms with Crippen LogP contribution in [0.2, 0.25) is 0 Å². The van der Waals surface area contributed by atoms with E-state index in [-0.39, 0.29) is 12.1 Å². The molecule has 0 aliphatic carbocycles. The first-order valence-corrected chi connectivity index (χ1v) is 7.45. The number of hydrogen-bond donors (Lipinski definition) is 0. The number of ether oxygens (including phenoxy) is 3. The smallest absolute Gasteiger partial charge is 0.337 e. The molecule has 0 saturated carbocycles. The molecule has 1 aromatic carbocycles. The van der Waals surface area contributed by atoms with Crippen molar-refractivity contribution in [1.82, 2.24) is 0 Å². The zero-order valence-corrected chi connectivity index (χ0v) is 13.4. The molecule has 0 saturated heterocycles. The summed E-state index contributed by atoms with van der Waals surface area (Å²) in [5.74, 6) is 1.08. The van der Waals surface area contributed by atoms with Gasteiger partial charge in [0.2, 0.25) is 0 Å². The van der Waals surface area contributed by atoms with Crippen LogP contribution < -0.4 is 4.74 Å². The van der Waals surface area contributed by atoms with Crippen molar-refractivity contribution in [1.29, 1.82) is 0 Å². The van der Waals surface area contributed by atoms with Crippen molar-refractivity contribution < 1.29 is 19.0 Å². The van der Waals surface area contributed by atoms with E-state index in [0.717, 1.165) is 25.2 Å². The van der Waals surface area contributed by atoms with Gasteiger partial charge in [0.15, 0.2) is 0 Å². The van der Waals surface area contributed by atoms with Gasteiger partial charge in [-0.25, -0.2) is 4.79 Å². The maximum absolute atomic E-state index is 11.3. The third-order valence-electron chi connectivity index (χ3n) is 3.17. The lowest BCUT2D eigenvalue weighted by Crippen LogP contribution is -2.14. The van der Waals surface area contributed by atoms with Crippen LogP contribution >= 0.6 is 0 Å². The highest BCUT2D eigenvalue weighted by molar-refractivity contribution is 5.89. The maximum atomic E-state index is 11.3. The Kier molecular flexibility index (Phi) is 7.83. The van der Waals surface area contributed by atoms with Gasteiger partial charge < -0.3 is 14.2 Å². The summed E-state index contributed by atoms with van der Waals surface area (Å²) < 4.78 is 16.0. The average Bonchev–Trinajstić information content (AvgIpc) is 2.46. The fourth-order valence-electron chi connectivity index (χ4n) is 1.74. The fourth-order valence-corrected chi connectivity index (χ4v) is 1.74. The Bertz CT molecular complexity index is 411. The van der Waals surface area contributed by atoms with Crippen LogP contribution in [0.3, 0.4) is 0 Å². The van der Waals surface area contributed by atoms with Gasteiger partial charge >= 0.3 is 5.97 Å². The van der Waals surface area contributed by atoms with Crippen molar-refractivity contribution in [2.24, 2.45) is 5.92 Å². The molecule has 0 spiro atoms. The van der Waals surface area contributed by atoms with Crippen LogP contribution in [0, 0.1) is 5.92 Å². The molecule has 0 aromatic heterocycles. The molecular weight excluding hydrogens is 268 g/mol. The van der Waals surface area contributed by atoms with Crippen LogP contribution in [-0.4, -0.2) is 32.4 Å². The third-order valence-corrected chi connectivity index (χ3v) is 3.17. The van der Waals surface area contributed by atoms with E-state index < -0.39 is 0 Å². The molecule has 1 atom stereocenters. The molecule has 0 N–H and O–H groups in total. The highest BCUT2D eigenvalue weighted by atomic mass is 16.5. The van der Waals surface area contributed by atoms with Crippen LogP contribution in [0.5, 0.6) is 5.75 Å². The zero-order chi connectivity index (χ0) is 15.7. The van der Waals surface area contributed by atoms with Crippen molar-refractivity contribution in [3.63, 3.8) is 0 Å². The summed E-state index contributed by atoms with van der Waals surface area (Å²) in [5.41, 5.74) is 0.523. The van der Waals surface area contributed by atoms with Crippen molar-refractivity contribution in [3.8, 4) is 5.75 Å². The number of rotatable bonds is 9. The first-order chi connectivity index (χ1) is 10.0. The molecule has 1 aromatic rings. The Morgan fingerprint density at radius 1 is 1.05 bits per heavy atom. The number of carbonyl (C=O) groups excluding carboxylic acids is 1. The van der Waals surface area contributed by atoms with E-state index in [4.69, 9.17) is 9.47 Å². The molecule has 21 heavy (non-hydrogen) atoms. The molecule has 0 aliphatic heterocycles. The minimum absolute atomic E-state index is 0.193. The normalized spacial score (nSPS) is 12.2. The van der Waals surface area contributed by atoms with Gasteiger partial charge in [0, 0.05) is 13.0 Å². The van der Waals surface area contributed by atoms with Crippen LogP contribution in [0.1, 0.15) is 44.0 Å². The molecule has 118 valence electrons. The fraction of sp³-hybridized carbons (Fsp3) is 0.588. The molecule has 0 fully saturated rings. The summed E-state index contributed by atoms with van der Waals surface area (Å²) in [4.78, 5) is 11.3. The number of hydrogen-bond acceptors (Lipinski definition) is 4. The Balaban J connectivity index is 2.24. The van der Waals surface area contributed by atoms with Gasteiger partial charge in [0.1, 0.15) is 5.75 Å². The van der Waals surface area contributed by atoms with Gasteiger partial charge in [-0.15, -0.1) is 0 Å². The van der Waals surface area contributed by atoms with Gasteiger partial charge in [0.05, 0.1) is 25.4 Å². The Morgan fingerprint density at radius 2 is 1.71 bits per heavy atom. The molecule has 4 heteroatoms. The third kappa shape index (κ3) is 7.14. The van der Waals surface area contributed by atoms with Gasteiger partial charge in [-0.3, -0.25) is 0 Å². The second-order valence-corrected chi connectivity index (χ2v) is 5.52. The maximum Gasteiger partial charge on any atom is 0.337 e. The van der Waals surface area contributed by atoms with Crippen molar-refractivity contribution in [2.75, 3.05) is 20.3 Å². The molecule has 0 bridgehead atoms. The Hall–Kier alpha value is -1.55. The predicted molar refractivity (Wildman–Crippen MR) is 82.8 cm³/mol. The number of esters is 1. The number of benzene rings is 1.